The van der Waals surface area contributed by atoms with Gasteiger partial charge in [-0.3, -0.25) is 0 Å². The van der Waals surface area contributed by atoms with Gasteiger partial charge < -0.3 is 11.1 Å². The van der Waals surface area contributed by atoms with E-state index in [4.69, 9.17) is 11.1 Å². The minimum atomic E-state index is -4.59. The Hall–Kier alpha value is -3.00. The molecule has 0 bridgehead atoms. The molecular weight excluding hydrogens is 553 g/mol. The second-order valence-electron chi connectivity index (χ2n) is 7.42. The van der Waals surface area contributed by atoms with Gasteiger partial charge in [0.2, 0.25) is 0 Å². The van der Waals surface area contributed by atoms with E-state index in [-0.39, 0.29) is 35.5 Å². The molecule has 16 heteroatoms. The monoisotopic (exact) mass is 574 g/mol. The molecule has 2 rings (SSSR count). The Morgan fingerprint density at radius 2 is 0.833 bits per heavy atom. The average Bonchev–Trinajstić information content (AvgIpc) is 2.82. The Morgan fingerprint density at radius 1 is 0.528 bits per heavy atom. The van der Waals surface area contributed by atoms with Gasteiger partial charge in [-0.05, 0) is 37.1 Å². The summed E-state index contributed by atoms with van der Waals surface area (Å²) in [6.07, 6.45) is 0.0930. The third kappa shape index (κ3) is 6.81. The summed E-state index contributed by atoms with van der Waals surface area (Å²) in [6.45, 7) is 0. The predicted octanol–water partition coefficient (Wildman–Crippen LogP) is 1.50. The summed E-state index contributed by atoms with van der Waals surface area (Å²) >= 11 is 0. The molecule has 0 fully saturated rings. The third-order valence-electron chi connectivity index (χ3n) is 4.84. The molecule has 2 aromatic carbocycles. The number of rotatable bonds is 9. The zero-order valence-electron chi connectivity index (χ0n) is 18.7. The van der Waals surface area contributed by atoms with E-state index in [1.165, 1.54) is 36.4 Å². The van der Waals surface area contributed by atoms with Crippen molar-refractivity contribution in [2.24, 2.45) is 0 Å². The summed E-state index contributed by atoms with van der Waals surface area (Å²) in [4.78, 5) is 4.27. The Balaban J connectivity index is 1.98. The van der Waals surface area contributed by atoms with Crippen LogP contribution in [0.25, 0.3) is 11.1 Å². The highest BCUT2D eigenvalue weighted by molar-refractivity contribution is 8.31. The number of hydrogen-bond acceptors (Lipinski definition) is 8. The first-order valence-electron chi connectivity index (χ1n) is 10.3. The fraction of sp³-hybridized carbons (Fsp3) is 0.300. The highest BCUT2D eigenvalue weighted by atomic mass is 32.3. The maximum absolute atomic E-state index is 12.5. The second kappa shape index (κ2) is 11.8. The molecule has 0 aliphatic carbocycles. The lowest BCUT2D eigenvalue weighted by Crippen LogP contribution is -2.28. The average molecular weight is 575 g/mol. The second-order valence-corrected chi connectivity index (χ2v) is 15.7. The van der Waals surface area contributed by atoms with Crippen LogP contribution in [-0.2, 0) is 39.3 Å². The SMILES string of the molecule is [N-]=[N+]=C(S(=O)(=O)CCCCCCS(=O)(=O)C(=[N+]=[N-])S(=O)(=O)c1ccccc1)S(=O)(=O)c1ccccc1. The van der Waals surface area contributed by atoms with Crippen molar-refractivity contribution < 1.29 is 43.3 Å². The molecule has 36 heavy (non-hydrogen) atoms. The Kier molecular flexibility index (Phi) is 9.60. The zero-order chi connectivity index (χ0) is 27.0. The van der Waals surface area contributed by atoms with Gasteiger partial charge in [0.15, 0.2) is 0 Å². The molecule has 0 amide bonds. The molecule has 12 nitrogen and oxygen atoms in total. The maximum Gasteiger partial charge on any atom is 0.499 e. The van der Waals surface area contributed by atoms with Crippen molar-refractivity contribution in [1.82, 2.24) is 0 Å². The van der Waals surface area contributed by atoms with E-state index < -0.39 is 59.6 Å². The van der Waals surface area contributed by atoms with Crippen LogP contribution < -0.4 is 0 Å². The van der Waals surface area contributed by atoms with E-state index in [0.29, 0.717) is 0 Å². The predicted molar refractivity (Wildman–Crippen MR) is 131 cm³/mol. The van der Waals surface area contributed by atoms with Crippen LogP contribution in [-0.4, -0.2) is 63.5 Å². The van der Waals surface area contributed by atoms with Gasteiger partial charge in [0.25, 0.3) is 39.3 Å². The molecule has 194 valence electrons. The summed E-state index contributed by atoms with van der Waals surface area (Å²) in [5.74, 6) is -1.37. The van der Waals surface area contributed by atoms with Crippen LogP contribution in [0.2, 0.25) is 0 Å². The number of benzene rings is 2. The Morgan fingerprint density at radius 3 is 1.11 bits per heavy atom. The van der Waals surface area contributed by atoms with Gasteiger partial charge in [-0.2, -0.15) is 0 Å². The number of sulfone groups is 4. The summed E-state index contributed by atoms with van der Waals surface area (Å²) in [5, 5.41) is 0. The molecule has 0 spiro atoms. The minimum absolute atomic E-state index is 0.0883. The molecular formula is C20H22N4O8S4. The van der Waals surface area contributed by atoms with E-state index in [2.05, 4.69) is 9.58 Å². The van der Waals surface area contributed by atoms with Gasteiger partial charge in [-0.1, -0.05) is 49.2 Å². The van der Waals surface area contributed by atoms with Crippen LogP contribution in [0.4, 0.5) is 0 Å². The van der Waals surface area contributed by atoms with E-state index in [1.807, 2.05) is 0 Å². The van der Waals surface area contributed by atoms with E-state index in [1.54, 1.807) is 0 Å². The summed E-state index contributed by atoms with van der Waals surface area (Å²) < 4.78 is 97.2. The first kappa shape index (κ1) is 29.2. The first-order chi connectivity index (χ1) is 16.8. The highest BCUT2D eigenvalue weighted by Gasteiger charge is 2.43. The van der Waals surface area contributed by atoms with E-state index in [9.17, 15) is 33.7 Å². The van der Waals surface area contributed by atoms with Gasteiger partial charge >= 0.3 is 8.75 Å². The van der Waals surface area contributed by atoms with E-state index >= 15 is 0 Å². The standard InChI is InChI=1S/C20H22N4O8S4/c21-23-19(35(29,30)17-11-5-3-6-12-17)33(25,26)15-9-1-2-10-16-34(27,28)20(24-22)36(31,32)18-13-7-4-8-14-18/h3-8,11-14H,1-2,9-10,15-16H2. The van der Waals surface area contributed by atoms with Crippen LogP contribution in [0.1, 0.15) is 25.7 Å². The normalized spacial score (nSPS) is 12.3. The van der Waals surface area contributed by atoms with Gasteiger partial charge in [0.1, 0.15) is 0 Å². The van der Waals surface area contributed by atoms with Crippen molar-refractivity contribution in [2.45, 2.75) is 35.5 Å². The van der Waals surface area contributed by atoms with Crippen molar-refractivity contribution in [1.29, 1.82) is 0 Å². The number of unbranched alkanes of at least 4 members (excludes halogenated alkanes) is 3. The molecule has 2 aromatic rings. The molecule has 0 radical (unpaired) electrons. The van der Waals surface area contributed by atoms with Crippen molar-refractivity contribution >= 4 is 48.1 Å². The van der Waals surface area contributed by atoms with Crippen molar-refractivity contribution in [3.8, 4) is 0 Å². The molecule has 0 saturated carbocycles. The molecule has 0 aromatic heterocycles. The largest absolute Gasteiger partial charge is 0.499 e. The van der Waals surface area contributed by atoms with Crippen molar-refractivity contribution in [3.63, 3.8) is 0 Å². The molecule has 0 heterocycles. The lowest BCUT2D eigenvalue weighted by atomic mass is 10.2. The van der Waals surface area contributed by atoms with Gasteiger partial charge in [-0.25, -0.2) is 33.7 Å². The Labute approximate surface area is 209 Å². The quantitative estimate of drug-likeness (QED) is 0.140. The van der Waals surface area contributed by atoms with Crippen LogP contribution in [0.15, 0.2) is 70.5 Å². The van der Waals surface area contributed by atoms with Crippen LogP contribution >= 0.6 is 0 Å². The molecule has 0 saturated heterocycles. The smallest absolute Gasteiger partial charge is 0.359 e. The number of hydrogen-bond donors (Lipinski definition) is 0. The molecule has 0 unspecified atom stereocenters. The van der Waals surface area contributed by atoms with Crippen LogP contribution in [0.3, 0.4) is 0 Å². The third-order valence-corrected chi connectivity index (χ3v) is 13.4. The van der Waals surface area contributed by atoms with Gasteiger partial charge in [-0.15, -0.1) is 9.58 Å². The minimum Gasteiger partial charge on any atom is -0.359 e. The lowest BCUT2D eigenvalue weighted by Gasteiger charge is -2.04. The molecule has 0 N–H and O–H groups in total. The summed E-state index contributed by atoms with van der Waals surface area (Å²) in [7, 11) is -18.2. The van der Waals surface area contributed by atoms with Gasteiger partial charge in [0, 0.05) is 0 Å². The van der Waals surface area contributed by atoms with Crippen LogP contribution in [0, 0.1) is 0 Å². The van der Waals surface area contributed by atoms with Gasteiger partial charge in [0.05, 0.1) is 21.3 Å². The maximum atomic E-state index is 12.5. The Bertz CT molecular complexity index is 1500. The molecule has 0 aliphatic heterocycles. The molecule has 0 atom stereocenters. The topological polar surface area (TPSA) is 209 Å². The van der Waals surface area contributed by atoms with Crippen LogP contribution in [0.5, 0.6) is 0 Å². The summed E-state index contributed by atoms with van der Waals surface area (Å²) in [5.41, 5.74) is 18.2. The fourth-order valence-corrected chi connectivity index (χ4v) is 10.2. The molecule has 0 aliphatic rings. The lowest BCUT2D eigenvalue weighted by molar-refractivity contribution is 0.00349. The summed E-state index contributed by atoms with van der Waals surface area (Å²) in [6, 6.07) is 13.2. The van der Waals surface area contributed by atoms with E-state index in [0.717, 1.165) is 24.3 Å². The van der Waals surface area contributed by atoms with Crippen molar-refractivity contribution in [2.75, 3.05) is 11.5 Å². The number of nitrogens with zero attached hydrogens (tertiary/aromatic N) is 4. The fourth-order valence-electron chi connectivity index (χ4n) is 3.08. The zero-order valence-corrected chi connectivity index (χ0v) is 22.0. The first-order valence-corrected chi connectivity index (χ1v) is 16.6. The highest BCUT2D eigenvalue weighted by Crippen LogP contribution is 2.18. The van der Waals surface area contributed by atoms with Crippen molar-refractivity contribution in [3.05, 3.63) is 71.7 Å².